The van der Waals surface area contributed by atoms with Crippen molar-refractivity contribution in [3.63, 3.8) is 0 Å². The molecule has 6 nitrogen and oxygen atoms in total. The monoisotopic (exact) mass is 235 g/mol. The van der Waals surface area contributed by atoms with E-state index in [-0.39, 0.29) is 17.3 Å². The maximum Gasteiger partial charge on any atom is 0.412 e. The molecule has 14 heavy (non-hydrogen) atoms. The number of hydrogen-bond donors (Lipinski definition) is 1. The van der Waals surface area contributed by atoms with Crippen LogP contribution in [0.25, 0.3) is 0 Å². The summed E-state index contributed by atoms with van der Waals surface area (Å²) in [7, 11) is 0. The van der Waals surface area contributed by atoms with Crippen molar-refractivity contribution in [3.05, 3.63) is 5.69 Å². The van der Waals surface area contributed by atoms with Gasteiger partial charge in [0.05, 0.1) is 6.61 Å². The summed E-state index contributed by atoms with van der Waals surface area (Å²) >= 11 is 6.04. The number of rotatable bonds is 3. The van der Waals surface area contributed by atoms with Gasteiger partial charge in [-0.25, -0.2) is 4.79 Å². The van der Waals surface area contributed by atoms with E-state index in [4.69, 9.17) is 11.6 Å². The number of amides is 1. The molecule has 1 rings (SSSR count). The van der Waals surface area contributed by atoms with Crippen LogP contribution in [-0.4, -0.2) is 27.5 Å². The van der Waals surface area contributed by atoms with E-state index >= 15 is 0 Å². The Labute approximate surface area is 88.4 Å². The molecule has 76 valence electrons. The van der Waals surface area contributed by atoms with Crippen LogP contribution in [0, 0.1) is 0 Å². The highest BCUT2D eigenvalue weighted by atomic mass is 35.5. The van der Waals surface area contributed by atoms with Crippen LogP contribution < -0.4 is 5.32 Å². The Hall–Kier alpha value is -1.21. The summed E-state index contributed by atoms with van der Waals surface area (Å²) in [6.45, 7) is 1.90. The van der Waals surface area contributed by atoms with Crippen LogP contribution in [0.3, 0.4) is 0 Å². The standard InChI is InChI=1S/C6H6ClN3O3S/c1-2-13-6(12)8-5-3(4(7)11)9-10-14-5/h2H2,1H3,(H,8,12). The fourth-order valence-electron chi connectivity index (χ4n) is 0.661. The molecule has 0 fully saturated rings. The van der Waals surface area contributed by atoms with Gasteiger partial charge in [0.15, 0.2) is 10.7 Å². The molecule has 1 aromatic rings. The van der Waals surface area contributed by atoms with Crippen molar-refractivity contribution in [2.45, 2.75) is 6.92 Å². The summed E-state index contributed by atoms with van der Waals surface area (Å²) in [6, 6.07) is 0. The third kappa shape index (κ3) is 2.64. The van der Waals surface area contributed by atoms with E-state index in [0.717, 1.165) is 11.5 Å². The Balaban J connectivity index is 2.71. The van der Waals surface area contributed by atoms with Gasteiger partial charge in [0, 0.05) is 11.5 Å². The third-order valence-electron chi connectivity index (χ3n) is 1.17. The molecule has 1 aromatic heterocycles. The Bertz CT molecular complexity index is 354. The zero-order valence-electron chi connectivity index (χ0n) is 7.11. The van der Waals surface area contributed by atoms with Crippen LogP contribution in [0.5, 0.6) is 0 Å². The molecule has 1 N–H and O–H groups in total. The Morgan fingerprint density at radius 1 is 1.64 bits per heavy atom. The molecule has 0 aliphatic carbocycles. The topological polar surface area (TPSA) is 81.2 Å². The molecule has 0 aliphatic rings. The van der Waals surface area contributed by atoms with Crippen molar-refractivity contribution in [2.75, 3.05) is 11.9 Å². The van der Waals surface area contributed by atoms with E-state index in [0.29, 0.717) is 0 Å². The quantitative estimate of drug-likeness (QED) is 0.803. The Morgan fingerprint density at radius 3 is 2.93 bits per heavy atom. The first-order valence-corrected chi connectivity index (χ1v) is 4.76. The zero-order valence-corrected chi connectivity index (χ0v) is 8.68. The van der Waals surface area contributed by atoms with Gasteiger partial charge in [0.2, 0.25) is 0 Å². The van der Waals surface area contributed by atoms with Crippen molar-refractivity contribution in [1.29, 1.82) is 0 Å². The fourth-order valence-corrected chi connectivity index (χ4v) is 1.40. The lowest BCUT2D eigenvalue weighted by molar-refractivity contribution is 0.107. The van der Waals surface area contributed by atoms with Crippen LogP contribution >= 0.6 is 23.1 Å². The number of aromatic nitrogens is 2. The summed E-state index contributed by atoms with van der Waals surface area (Å²) < 4.78 is 8.07. The molecule has 0 bridgehead atoms. The lowest BCUT2D eigenvalue weighted by Gasteiger charge is -2.01. The van der Waals surface area contributed by atoms with E-state index in [2.05, 4.69) is 19.6 Å². The number of nitrogens with one attached hydrogen (secondary N) is 1. The maximum absolute atomic E-state index is 10.9. The summed E-state index contributed by atoms with van der Waals surface area (Å²) in [5, 5.41) is 5.16. The van der Waals surface area contributed by atoms with E-state index in [1.807, 2.05) is 0 Å². The van der Waals surface area contributed by atoms with Crippen LogP contribution in [0.4, 0.5) is 9.80 Å². The van der Waals surface area contributed by atoms with Gasteiger partial charge in [-0.2, -0.15) is 0 Å². The van der Waals surface area contributed by atoms with Gasteiger partial charge in [-0.3, -0.25) is 10.1 Å². The molecule has 0 atom stereocenters. The number of hydrogen-bond acceptors (Lipinski definition) is 6. The average Bonchev–Trinajstić information content (AvgIpc) is 2.52. The van der Waals surface area contributed by atoms with Crippen molar-refractivity contribution >= 4 is 39.5 Å². The number of ether oxygens (including phenoxy) is 1. The normalized spacial score (nSPS) is 9.57. The molecular formula is C6H6ClN3O3S. The smallest absolute Gasteiger partial charge is 0.412 e. The third-order valence-corrected chi connectivity index (χ3v) is 1.99. The minimum absolute atomic E-state index is 0.0790. The highest BCUT2D eigenvalue weighted by molar-refractivity contribution is 7.10. The average molecular weight is 236 g/mol. The van der Waals surface area contributed by atoms with E-state index < -0.39 is 11.3 Å². The zero-order chi connectivity index (χ0) is 10.6. The molecule has 8 heteroatoms. The van der Waals surface area contributed by atoms with Gasteiger partial charge in [0.25, 0.3) is 5.24 Å². The van der Waals surface area contributed by atoms with Gasteiger partial charge >= 0.3 is 6.09 Å². The fraction of sp³-hybridized carbons (Fsp3) is 0.333. The Kier molecular flexibility index (Phi) is 3.78. The van der Waals surface area contributed by atoms with Crippen molar-refractivity contribution < 1.29 is 14.3 Å². The van der Waals surface area contributed by atoms with Crippen molar-refractivity contribution in [2.24, 2.45) is 0 Å². The molecule has 0 unspecified atom stereocenters. The number of nitrogens with zero attached hydrogens (tertiary/aromatic N) is 2. The number of carbonyl (C=O) groups is 2. The van der Waals surface area contributed by atoms with Crippen LogP contribution in [0.15, 0.2) is 0 Å². The van der Waals surface area contributed by atoms with Gasteiger partial charge in [0.1, 0.15) is 0 Å². The SMILES string of the molecule is CCOC(=O)Nc1snnc1C(=O)Cl. The summed E-state index contributed by atoms with van der Waals surface area (Å²) in [5.41, 5.74) is -0.0790. The molecule has 1 heterocycles. The lowest BCUT2D eigenvalue weighted by Crippen LogP contribution is -2.14. The van der Waals surface area contributed by atoms with Crippen molar-refractivity contribution in [3.8, 4) is 0 Å². The second kappa shape index (κ2) is 4.87. The number of anilines is 1. The predicted molar refractivity (Wildman–Crippen MR) is 50.7 cm³/mol. The summed E-state index contributed by atoms with van der Waals surface area (Å²) in [4.78, 5) is 21.7. The second-order valence-corrected chi connectivity index (χ2v) is 3.17. The maximum atomic E-state index is 10.9. The van der Waals surface area contributed by atoms with Gasteiger partial charge < -0.3 is 4.74 Å². The van der Waals surface area contributed by atoms with E-state index in [1.165, 1.54) is 0 Å². The predicted octanol–water partition coefficient (Wildman–Crippen LogP) is 1.49. The van der Waals surface area contributed by atoms with Gasteiger partial charge in [-0.1, -0.05) is 4.49 Å². The van der Waals surface area contributed by atoms with Crippen molar-refractivity contribution in [1.82, 2.24) is 9.59 Å². The minimum atomic E-state index is -0.773. The number of halogens is 1. The first kappa shape index (κ1) is 10.9. The molecular weight excluding hydrogens is 230 g/mol. The first-order chi connectivity index (χ1) is 6.65. The molecule has 0 spiro atoms. The van der Waals surface area contributed by atoms with Crippen LogP contribution in [0.1, 0.15) is 17.4 Å². The minimum Gasteiger partial charge on any atom is -0.450 e. The molecule has 0 saturated carbocycles. The van der Waals surface area contributed by atoms with Gasteiger partial charge in [-0.05, 0) is 18.5 Å². The first-order valence-electron chi connectivity index (χ1n) is 3.61. The summed E-state index contributed by atoms with van der Waals surface area (Å²) in [5.74, 6) is 0. The molecule has 0 aliphatic heterocycles. The molecule has 0 saturated heterocycles. The Morgan fingerprint density at radius 2 is 2.36 bits per heavy atom. The van der Waals surface area contributed by atoms with Crippen LogP contribution in [0.2, 0.25) is 0 Å². The molecule has 0 aromatic carbocycles. The second-order valence-electron chi connectivity index (χ2n) is 2.07. The highest BCUT2D eigenvalue weighted by Crippen LogP contribution is 2.19. The van der Waals surface area contributed by atoms with E-state index in [9.17, 15) is 9.59 Å². The molecule has 0 radical (unpaired) electrons. The van der Waals surface area contributed by atoms with E-state index in [1.54, 1.807) is 6.92 Å². The van der Waals surface area contributed by atoms with Gasteiger partial charge in [-0.15, -0.1) is 5.10 Å². The lowest BCUT2D eigenvalue weighted by atomic mass is 10.5. The number of carbonyl (C=O) groups excluding carboxylic acids is 2. The van der Waals surface area contributed by atoms with Crippen LogP contribution in [-0.2, 0) is 4.74 Å². The summed E-state index contributed by atoms with van der Waals surface area (Å²) in [6.07, 6.45) is -0.669. The molecule has 1 amide bonds. The largest absolute Gasteiger partial charge is 0.450 e. The highest BCUT2D eigenvalue weighted by Gasteiger charge is 2.16.